The average Bonchev–Trinajstić information content (AvgIpc) is 3.53. The van der Waals surface area contributed by atoms with E-state index in [1.807, 2.05) is 0 Å². The Kier molecular flexibility index (Phi) is 7.75. The van der Waals surface area contributed by atoms with E-state index in [2.05, 4.69) is 217 Å². The minimum absolute atomic E-state index is 1.11. The fourth-order valence-electron chi connectivity index (χ4n) is 7.26. The van der Waals surface area contributed by atoms with Crippen LogP contribution in [0.25, 0.3) is 60.9 Å². The predicted octanol–water partition coefficient (Wildman–Crippen LogP) is 13.6. The van der Waals surface area contributed by atoms with Crippen LogP contribution in [0.1, 0.15) is 5.56 Å². The summed E-state index contributed by atoms with van der Waals surface area (Å²) in [4.78, 5) is 2.32. The number of aryl methyl sites for hydroxylation is 1. The topological polar surface area (TPSA) is 8.17 Å². The Morgan fingerprint density at radius 1 is 0.333 bits per heavy atom. The maximum atomic E-state index is 2.38. The van der Waals surface area contributed by atoms with E-state index in [-0.39, 0.29) is 0 Å². The largest absolute Gasteiger partial charge is 0.311 e. The first kappa shape index (κ1) is 30.4. The van der Waals surface area contributed by atoms with E-state index in [0.717, 1.165) is 17.1 Å². The highest BCUT2D eigenvalue weighted by Gasteiger charge is 2.15. The molecule has 0 aliphatic carbocycles. The smallest absolute Gasteiger partial charge is 0.0541 e. The van der Waals surface area contributed by atoms with Gasteiger partial charge in [0.15, 0.2) is 0 Å². The standard InChI is InChI=1S/C49H36N2/c1-35-19-26-45(27-20-35)51-48-18-9-8-17-46(48)47-34-41(25-32-49(47)51)40-14-10-13-39(33-40)38-23-30-44(31-24-38)50(42-15-6-3-7-16-42)43-28-21-37(22-29-43)36-11-4-2-5-12-36/h2-34H,1H3. The van der Waals surface area contributed by atoms with Crippen LogP contribution in [0.3, 0.4) is 0 Å². The molecule has 0 aliphatic rings. The van der Waals surface area contributed by atoms with Gasteiger partial charge in [-0.2, -0.15) is 0 Å². The fraction of sp³-hybridized carbons (Fsp3) is 0.0204. The van der Waals surface area contributed by atoms with Crippen LogP contribution in [0.4, 0.5) is 17.1 Å². The first-order valence-electron chi connectivity index (χ1n) is 17.5. The Labute approximate surface area is 299 Å². The van der Waals surface area contributed by atoms with E-state index in [1.165, 1.54) is 66.4 Å². The van der Waals surface area contributed by atoms with E-state index < -0.39 is 0 Å². The normalized spacial score (nSPS) is 11.2. The Morgan fingerprint density at radius 3 is 1.49 bits per heavy atom. The number of aromatic nitrogens is 1. The molecule has 0 atom stereocenters. The zero-order chi connectivity index (χ0) is 34.1. The Hall–Kier alpha value is -6.64. The van der Waals surface area contributed by atoms with Gasteiger partial charge in [0.2, 0.25) is 0 Å². The molecular formula is C49H36N2. The van der Waals surface area contributed by atoms with Crippen LogP contribution in [0.15, 0.2) is 200 Å². The molecular weight excluding hydrogens is 617 g/mol. The molecule has 2 heteroatoms. The maximum absolute atomic E-state index is 2.38. The number of hydrogen-bond acceptors (Lipinski definition) is 1. The molecule has 0 amide bonds. The highest BCUT2D eigenvalue weighted by molar-refractivity contribution is 6.10. The van der Waals surface area contributed by atoms with E-state index in [4.69, 9.17) is 0 Å². The molecule has 0 spiro atoms. The summed E-state index contributed by atoms with van der Waals surface area (Å²) in [5, 5.41) is 2.52. The number of para-hydroxylation sites is 2. The third-order valence-corrected chi connectivity index (χ3v) is 9.87. The van der Waals surface area contributed by atoms with Gasteiger partial charge in [-0.1, -0.05) is 133 Å². The predicted molar refractivity (Wildman–Crippen MR) is 217 cm³/mol. The van der Waals surface area contributed by atoms with Crippen molar-refractivity contribution in [2.24, 2.45) is 0 Å². The summed E-state index contributed by atoms with van der Waals surface area (Å²) >= 11 is 0. The Morgan fingerprint density at radius 2 is 0.804 bits per heavy atom. The van der Waals surface area contributed by atoms with E-state index in [9.17, 15) is 0 Å². The summed E-state index contributed by atoms with van der Waals surface area (Å²) in [7, 11) is 0. The minimum Gasteiger partial charge on any atom is -0.311 e. The van der Waals surface area contributed by atoms with Crippen molar-refractivity contribution < 1.29 is 0 Å². The maximum Gasteiger partial charge on any atom is 0.0541 e. The van der Waals surface area contributed by atoms with Gasteiger partial charge in [0.1, 0.15) is 0 Å². The van der Waals surface area contributed by atoms with E-state index in [0.29, 0.717) is 0 Å². The van der Waals surface area contributed by atoms with Gasteiger partial charge >= 0.3 is 0 Å². The lowest BCUT2D eigenvalue weighted by molar-refractivity contribution is 1.17. The molecule has 2 nitrogen and oxygen atoms in total. The number of hydrogen-bond donors (Lipinski definition) is 0. The monoisotopic (exact) mass is 652 g/mol. The molecule has 51 heavy (non-hydrogen) atoms. The van der Waals surface area contributed by atoms with Gasteiger partial charge in [-0.05, 0) is 113 Å². The molecule has 0 unspecified atom stereocenters. The van der Waals surface area contributed by atoms with E-state index >= 15 is 0 Å². The molecule has 0 fully saturated rings. The lowest BCUT2D eigenvalue weighted by atomic mass is 9.97. The molecule has 0 saturated carbocycles. The first-order valence-corrected chi connectivity index (χ1v) is 17.5. The van der Waals surface area contributed by atoms with Crippen molar-refractivity contribution in [3.63, 3.8) is 0 Å². The van der Waals surface area contributed by atoms with Crippen molar-refractivity contribution in [2.45, 2.75) is 6.92 Å². The van der Waals surface area contributed by atoms with Crippen molar-refractivity contribution in [3.05, 3.63) is 206 Å². The zero-order valence-electron chi connectivity index (χ0n) is 28.4. The summed E-state index contributed by atoms with van der Waals surface area (Å²) in [5.41, 5.74) is 15.5. The van der Waals surface area contributed by atoms with Crippen LogP contribution >= 0.6 is 0 Å². The highest BCUT2D eigenvalue weighted by atomic mass is 15.1. The number of benzene rings is 8. The highest BCUT2D eigenvalue weighted by Crippen LogP contribution is 2.38. The third-order valence-electron chi connectivity index (χ3n) is 9.87. The van der Waals surface area contributed by atoms with Crippen LogP contribution in [0.5, 0.6) is 0 Å². The van der Waals surface area contributed by atoms with Crippen LogP contribution in [-0.4, -0.2) is 4.57 Å². The lowest BCUT2D eigenvalue weighted by Gasteiger charge is -2.26. The number of nitrogens with zero attached hydrogens (tertiary/aromatic N) is 2. The number of rotatable bonds is 7. The molecule has 0 bridgehead atoms. The molecule has 0 saturated heterocycles. The molecule has 0 radical (unpaired) electrons. The van der Waals surface area contributed by atoms with Gasteiger partial charge in [-0.3, -0.25) is 0 Å². The summed E-state index contributed by atoms with van der Waals surface area (Å²) in [6.07, 6.45) is 0. The minimum atomic E-state index is 1.11. The van der Waals surface area contributed by atoms with Crippen molar-refractivity contribution in [1.82, 2.24) is 4.57 Å². The van der Waals surface area contributed by atoms with Gasteiger partial charge in [0, 0.05) is 33.5 Å². The summed E-state index contributed by atoms with van der Waals surface area (Å²) in [5.74, 6) is 0. The molecule has 8 aromatic carbocycles. The average molecular weight is 653 g/mol. The quantitative estimate of drug-likeness (QED) is 0.166. The molecule has 0 aliphatic heterocycles. The van der Waals surface area contributed by atoms with Crippen molar-refractivity contribution in [2.75, 3.05) is 4.90 Å². The molecule has 0 N–H and O–H groups in total. The summed E-state index contributed by atoms with van der Waals surface area (Å²) < 4.78 is 2.38. The fourth-order valence-corrected chi connectivity index (χ4v) is 7.26. The number of fused-ring (bicyclic) bond motifs is 3. The number of anilines is 3. The second-order valence-corrected chi connectivity index (χ2v) is 13.1. The summed E-state index contributed by atoms with van der Waals surface area (Å²) in [6.45, 7) is 2.13. The van der Waals surface area contributed by atoms with Crippen LogP contribution in [0.2, 0.25) is 0 Å². The van der Waals surface area contributed by atoms with Crippen molar-refractivity contribution in [1.29, 1.82) is 0 Å². The first-order chi connectivity index (χ1) is 25.2. The van der Waals surface area contributed by atoms with Crippen molar-refractivity contribution in [3.8, 4) is 39.1 Å². The summed E-state index contributed by atoms with van der Waals surface area (Å²) in [6, 6.07) is 72.2. The Balaban J connectivity index is 1.05. The van der Waals surface area contributed by atoms with Gasteiger partial charge < -0.3 is 9.47 Å². The van der Waals surface area contributed by atoms with Crippen LogP contribution in [0, 0.1) is 6.92 Å². The van der Waals surface area contributed by atoms with E-state index in [1.54, 1.807) is 0 Å². The molecule has 9 aromatic rings. The van der Waals surface area contributed by atoms with Gasteiger partial charge in [-0.15, -0.1) is 0 Å². The molecule has 9 rings (SSSR count). The van der Waals surface area contributed by atoms with Gasteiger partial charge in [0.25, 0.3) is 0 Å². The van der Waals surface area contributed by atoms with Gasteiger partial charge in [0.05, 0.1) is 11.0 Å². The Bertz CT molecular complexity index is 2600. The van der Waals surface area contributed by atoms with Crippen LogP contribution < -0.4 is 4.90 Å². The SMILES string of the molecule is Cc1ccc(-n2c3ccccc3c3cc(-c4cccc(-c5ccc(N(c6ccccc6)c6ccc(-c7ccccc7)cc6)cc5)c4)ccc32)cc1. The zero-order valence-corrected chi connectivity index (χ0v) is 28.4. The molecule has 242 valence electrons. The van der Waals surface area contributed by atoms with Crippen LogP contribution in [-0.2, 0) is 0 Å². The van der Waals surface area contributed by atoms with Crippen molar-refractivity contribution >= 4 is 38.9 Å². The second kappa shape index (κ2) is 13.0. The lowest BCUT2D eigenvalue weighted by Crippen LogP contribution is -2.09. The molecule has 1 aromatic heterocycles. The third kappa shape index (κ3) is 5.77. The van der Waals surface area contributed by atoms with Gasteiger partial charge in [-0.25, -0.2) is 0 Å². The molecule has 1 heterocycles. The second-order valence-electron chi connectivity index (χ2n) is 13.1.